The molecule has 5 heteroatoms. The Kier molecular flexibility index (Phi) is 5.07. The van der Waals surface area contributed by atoms with Gasteiger partial charge in [0.15, 0.2) is 0 Å². The molecule has 0 aromatic heterocycles. The van der Waals surface area contributed by atoms with Crippen molar-refractivity contribution >= 4 is 23.2 Å². The number of amides is 2. The number of anilines is 2. The van der Waals surface area contributed by atoms with Crippen LogP contribution in [0, 0.1) is 17.2 Å². The van der Waals surface area contributed by atoms with Crippen LogP contribution in [0.3, 0.4) is 0 Å². The third-order valence-corrected chi connectivity index (χ3v) is 4.57. The van der Waals surface area contributed by atoms with Crippen LogP contribution in [0.2, 0.25) is 0 Å². The first-order valence-corrected chi connectivity index (χ1v) is 8.08. The van der Waals surface area contributed by atoms with E-state index in [2.05, 4.69) is 26.1 Å². The summed E-state index contributed by atoms with van der Waals surface area (Å²) in [4.78, 5) is 25.2. The Balaban J connectivity index is 2.03. The summed E-state index contributed by atoms with van der Waals surface area (Å²) < 4.78 is 14.2. The van der Waals surface area contributed by atoms with Gasteiger partial charge in [0.1, 0.15) is 5.82 Å². The predicted molar refractivity (Wildman–Crippen MR) is 89.9 cm³/mol. The van der Waals surface area contributed by atoms with E-state index < -0.39 is 5.82 Å². The molecule has 1 heterocycles. The zero-order chi connectivity index (χ0) is 17.2. The topological polar surface area (TPSA) is 49.4 Å². The second-order valence-corrected chi connectivity index (χ2v) is 7.33. The SMILES string of the molecule is CC(CC(=O)Nc1ccc(N2CCCC2=O)c(F)c1)C(C)(C)C. The fourth-order valence-electron chi connectivity index (χ4n) is 2.50. The van der Waals surface area contributed by atoms with Crippen molar-refractivity contribution in [3.63, 3.8) is 0 Å². The van der Waals surface area contributed by atoms with Gasteiger partial charge in [-0.1, -0.05) is 27.7 Å². The molecule has 23 heavy (non-hydrogen) atoms. The Morgan fingerprint density at radius 3 is 2.61 bits per heavy atom. The Labute approximate surface area is 137 Å². The van der Waals surface area contributed by atoms with Gasteiger partial charge in [-0.05, 0) is 36.0 Å². The van der Waals surface area contributed by atoms with Crippen LogP contribution in [0.25, 0.3) is 0 Å². The third kappa shape index (κ3) is 4.30. The molecule has 2 amide bonds. The molecular formula is C18H25FN2O2. The first-order valence-electron chi connectivity index (χ1n) is 8.08. The van der Waals surface area contributed by atoms with E-state index >= 15 is 0 Å². The van der Waals surface area contributed by atoms with Crippen molar-refractivity contribution in [1.82, 2.24) is 0 Å². The molecule has 126 valence electrons. The summed E-state index contributed by atoms with van der Waals surface area (Å²) in [5, 5.41) is 2.73. The maximum Gasteiger partial charge on any atom is 0.227 e. The molecule has 1 aliphatic heterocycles. The van der Waals surface area contributed by atoms with Gasteiger partial charge in [0.25, 0.3) is 0 Å². The number of hydrogen-bond donors (Lipinski definition) is 1. The van der Waals surface area contributed by atoms with Crippen LogP contribution in [0.1, 0.15) is 47.0 Å². The molecule has 1 aromatic carbocycles. The molecular weight excluding hydrogens is 295 g/mol. The van der Waals surface area contributed by atoms with E-state index in [1.807, 2.05) is 6.92 Å². The fourth-order valence-corrected chi connectivity index (χ4v) is 2.50. The number of benzene rings is 1. The molecule has 1 N–H and O–H groups in total. The minimum Gasteiger partial charge on any atom is -0.326 e. The number of hydrogen-bond acceptors (Lipinski definition) is 2. The smallest absolute Gasteiger partial charge is 0.227 e. The van der Waals surface area contributed by atoms with Gasteiger partial charge in [-0.15, -0.1) is 0 Å². The molecule has 1 saturated heterocycles. The lowest BCUT2D eigenvalue weighted by Gasteiger charge is -2.26. The number of halogens is 1. The summed E-state index contributed by atoms with van der Waals surface area (Å²) in [5.41, 5.74) is 0.750. The number of nitrogens with zero attached hydrogens (tertiary/aromatic N) is 1. The highest BCUT2D eigenvalue weighted by atomic mass is 19.1. The van der Waals surface area contributed by atoms with Crippen molar-refractivity contribution in [2.45, 2.75) is 47.0 Å². The molecule has 1 atom stereocenters. The minimum absolute atomic E-state index is 0.0442. The zero-order valence-electron chi connectivity index (χ0n) is 14.3. The van der Waals surface area contributed by atoms with Gasteiger partial charge in [-0.3, -0.25) is 9.59 Å². The van der Waals surface area contributed by atoms with Crippen LogP contribution in [0.4, 0.5) is 15.8 Å². The van der Waals surface area contributed by atoms with E-state index in [1.54, 1.807) is 12.1 Å². The molecule has 0 spiro atoms. The van der Waals surface area contributed by atoms with Crippen LogP contribution >= 0.6 is 0 Å². The molecule has 1 unspecified atom stereocenters. The van der Waals surface area contributed by atoms with Crippen LogP contribution in [-0.4, -0.2) is 18.4 Å². The van der Waals surface area contributed by atoms with E-state index in [1.165, 1.54) is 11.0 Å². The van der Waals surface area contributed by atoms with Crippen LogP contribution in [0.15, 0.2) is 18.2 Å². The maximum absolute atomic E-state index is 14.2. The highest BCUT2D eigenvalue weighted by Gasteiger charge is 2.25. The van der Waals surface area contributed by atoms with Crippen LogP contribution in [-0.2, 0) is 9.59 Å². The van der Waals surface area contributed by atoms with E-state index in [-0.39, 0.29) is 28.8 Å². The summed E-state index contributed by atoms with van der Waals surface area (Å²) in [5.74, 6) is -0.452. The van der Waals surface area contributed by atoms with Crippen molar-refractivity contribution in [2.75, 3.05) is 16.8 Å². The quantitative estimate of drug-likeness (QED) is 0.913. The first-order chi connectivity index (χ1) is 10.7. The van der Waals surface area contributed by atoms with Crippen molar-refractivity contribution in [2.24, 2.45) is 11.3 Å². The summed E-state index contributed by atoms with van der Waals surface area (Å²) in [6.45, 7) is 8.85. The van der Waals surface area contributed by atoms with Crippen molar-refractivity contribution < 1.29 is 14.0 Å². The Hall–Kier alpha value is -1.91. The van der Waals surface area contributed by atoms with E-state index in [4.69, 9.17) is 0 Å². The predicted octanol–water partition coefficient (Wildman–Crippen LogP) is 3.96. The molecule has 1 aromatic rings. The van der Waals surface area contributed by atoms with E-state index in [9.17, 15) is 14.0 Å². The van der Waals surface area contributed by atoms with Gasteiger partial charge in [0.2, 0.25) is 11.8 Å². The van der Waals surface area contributed by atoms with Crippen LogP contribution in [0.5, 0.6) is 0 Å². The standard InChI is InChI=1S/C18H25FN2O2/c1-12(18(2,3)4)10-16(22)20-13-7-8-15(14(19)11-13)21-9-5-6-17(21)23/h7-8,11-12H,5-6,9-10H2,1-4H3,(H,20,22). The molecule has 1 fully saturated rings. The summed E-state index contributed by atoms with van der Waals surface area (Å²) in [6.07, 6.45) is 1.60. The number of carbonyl (C=O) groups is 2. The number of carbonyl (C=O) groups excluding carboxylic acids is 2. The highest BCUT2D eigenvalue weighted by molar-refractivity contribution is 5.96. The second-order valence-electron chi connectivity index (χ2n) is 7.33. The highest BCUT2D eigenvalue weighted by Crippen LogP contribution is 2.29. The lowest BCUT2D eigenvalue weighted by atomic mass is 9.80. The Morgan fingerprint density at radius 1 is 1.39 bits per heavy atom. The van der Waals surface area contributed by atoms with E-state index in [0.29, 0.717) is 25.1 Å². The molecule has 0 bridgehead atoms. The molecule has 4 nitrogen and oxygen atoms in total. The lowest BCUT2D eigenvalue weighted by molar-refractivity contribution is -0.118. The van der Waals surface area contributed by atoms with Crippen molar-refractivity contribution in [3.8, 4) is 0 Å². The van der Waals surface area contributed by atoms with Crippen molar-refractivity contribution in [1.29, 1.82) is 0 Å². The van der Waals surface area contributed by atoms with E-state index in [0.717, 1.165) is 6.42 Å². The minimum atomic E-state index is -0.484. The number of rotatable bonds is 4. The van der Waals surface area contributed by atoms with Gasteiger partial charge in [0.05, 0.1) is 5.69 Å². The molecule has 2 rings (SSSR count). The number of nitrogens with one attached hydrogen (secondary N) is 1. The second kappa shape index (κ2) is 6.69. The molecule has 0 radical (unpaired) electrons. The van der Waals surface area contributed by atoms with Gasteiger partial charge in [-0.25, -0.2) is 4.39 Å². The first kappa shape index (κ1) is 17.4. The average molecular weight is 320 g/mol. The summed E-state index contributed by atoms with van der Waals surface area (Å²) in [7, 11) is 0. The van der Waals surface area contributed by atoms with Gasteiger partial charge < -0.3 is 10.2 Å². The molecule has 0 saturated carbocycles. The summed E-state index contributed by atoms with van der Waals surface area (Å²) >= 11 is 0. The fraction of sp³-hybridized carbons (Fsp3) is 0.556. The average Bonchev–Trinajstić information content (AvgIpc) is 2.84. The summed E-state index contributed by atoms with van der Waals surface area (Å²) in [6, 6.07) is 4.48. The molecule has 0 aliphatic carbocycles. The van der Waals surface area contributed by atoms with Gasteiger partial charge in [-0.2, -0.15) is 0 Å². The van der Waals surface area contributed by atoms with Crippen LogP contribution < -0.4 is 10.2 Å². The Bertz CT molecular complexity index is 608. The van der Waals surface area contributed by atoms with Gasteiger partial charge >= 0.3 is 0 Å². The maximum atomic E-state index is 14.2. The normalized spacial score (nSPS) is 16.6. The molecule has 1 aliphatic rings. The largest absolute Gasteiger partial charge is 0.326 e. The third-order valence-electron chi connectivity index (χ3n) is 4.57. The van der Waals surface area contributed by atoms with Gasteiger partial charge in [0, 0.05) is 25.1 Å². The lowest BCUT2D eigenvalue weighted by Crippen LogP contribution is -2.25. The monoisotopic (exact) mass is 320 g/mol. The zero-order valence-corrected chi connectivity index (χ0v) is 14.3. The Morgan fingerprint density at radius 2 is 2.09 bits per heavy atom. The van der Waals surface area contributed by atoms with Crippen molar-refractivity contribution in [3.05, 3.63) is 24.0 Å².